The third-order valence-electron chi connectivity index (χ3n) is 2.83. The van der Waals surface area contributed by atoms with E-state index in [0.29, 0.717) is 24.0 Å². The lowest BCUT2D eigenvalue weighted by Crippen LogP contribution is -2.40. The molecule has 0 fully saturated rings. The van der Waals surface area contributed by atoms with Gasteiger partial charge in [-0.15, -0.1) is 0 Å². The molecule has 0 aromatic carbocycles. The summed E-state index contributed by atoms with van der Waals surface area (Å²) in [7, 11) is 0. The standard InChI is InChI=1S/C15H24ClN3O2/c1-5-9-17-12-8-7-11(16)13(19-12)14(20)18-10-15(3,4)21-6-2/h7-8H,5-6,9-10H2,1-4H3,(H,17,19)(H,18,20). The summed E-state index contributed by atoms with van der Waals surface area (Å²) >= 11 is 6.05. The molecule has 0 saturated heterocycles. The largest absolute Gasteiger partial charge is 0.374 e. The van der Waals surface area contributed by atoms with Gasteiger partial charge in [-0.3, -0.25) is 4.79 Å². The van der Waals surface area contributed by atoms with Crippen molar-refractivity contribution in [2.75, 3.05) is 25.0 Å². The van der Waals surface area contributed by atoms with Crippen molar-refractivity contribution in [3.63, 3.8) is 0 Å². The minimum absolute atomic E-state index is 0.227. The molecule has 1 rings (SSSR count). The van der Waals surface area contributed by atoms with E-state index in [0.717, 1.165) is 13.0 Å². The van der Waals surface area contributed by atoms with E-state index < -0.39 is 5.60 Å². The van der Waals surface area contributed by atoms with Crippen molar-refractivity contribution in [1.29, 1.82) is 0 Å². The zero-order chi connectivity index (χ0) is 15.9. The summed E-state index contributed by atoms with van der Waals surface area (Å²) in [6.07, 6.45) is 0.981. The van der Waals surface area contributed by atoms with Crippen LogP contribution in [0.2, 0.25) is 5.02 Å². The molecule has 0 aliphatic heterocycles. The van der Waals surface area contributed by atoms with Crippen LogP contribution in [-0.4, -0.2) is 36.2 Å². The van der Waals surface area contributed by atoms with Crippen molar-refractivity contribution in [3.05, 3.63) is 22.8 Å². The van der Waals surface area contributed by atoms with Gasteiger partial charge in [0.2, 0.25) is 0 Å². The van der Waals surface area contributed by atoms with Crippen LogP contribution in [0.1, 0.15) is 44.6 Å². The quantitative estimate of drug-likeness (QED) is 0.774. The van der Waals surface area contributed by atoms with E-state index in [2.05, 4.69) is 22.5 Å². The second kappa shape index (κ2) is 8.20. The number of hydrogen-bond acceptors (Lipinski definition) is 4. The first-order chi connectivity index (χ1) is 9.89. The van der Waals surface area contributed by atoms with Crippen LogP contribution in [0.15, 0.2) is 12.1 Å². The van der Waals surface area contributed by atoms with Gasteiger partial charge >= 0.3 is 0 Å². The Morgan fingerprint density at radius 2 is 2.10 bits per heavy atom. The molecule has 0 saturated carbocycles. The van der Waals surface area contributed by atoms with Gasteiger partial charge in [-0.25, -0.2) is 4.98 Å². The van der Waals surface area contributed by atoms with Gasteiger partial charge in [0, 0.05) is 19.7 Å². The molecule has 1 amide bonds. The molecule has 1 aromatic heterocycles. The Balaban J connectivity index is 2.72. The van der Waals surface area contributed by atoms with Crippen LogP contribution >= 0.6 is 11.6 Å². The fourth-order valence-corrected chi connectivity index (χ4v) is 1.96. The first kappa shape index (κ1) is 17.7. The maximum Gasteiger partial charge on any atom is 0.271 e. The van der Waals surface area contributed by atoms with Crippen LogP contribution in [0.4, 0.5) is 5.82 Å². The third kappa shape index (κ3) is 5.89. The molecular weight excluding hydrogens is 290 g/mol. The molecule has 0 aliphatic carbocycles. The molecule has 118 valence electrons. The van der Waals surface area contributed by atoms with Crippen LogP contribution in [0.5, 0.6) is 0 Å². The van der Waals surface area contributed by atoms with Crippen molar-refractivity contribution < 1.29 is 9.53 Å². The first-order valence-corrected chi connectivity index (χ1v) is 7.60. The summed E-state index contributed by atoms with van der Waals surface area (Å²) in [4.78, 5) is 16.5. The molecule has 21 heavy (non-hydrogen) atoms. The number of ether oxygens (including phenoxy) is 1. The summed E-state index contributed by atoms with van der Waals surface area (Å²) in [6, 6.07) is 3.44. The van der Waals surface area contributed by atoms with E-state index in [-0.39, 0.29) is 11.6 Å². The van der Waals surface area contributed by atoms with Gasteiger partial charge in [0.15, 0.2) is 0 Å². The van der Waals surface area contributed by atoms with Crippen LogP contribution in [0.3, 0.4) is 0 Å². The highest BCUT2D eigenvalue weighted by molar-refractivity contribution is 6.33. The fourth-order valence-electron chi connectivity index (χ4n) is 1.77. The molecule has 0 aliphatic rings. The Morgan fingerprint density at radius 3 is 2.71 bits per heavy atom. The Morgan fingerprint density at radius 1 is 1.38 bits per heavy atom. The number of carbonyl (C=O) groups is 1. The number of nitrogens with one attached hydrogen (secondary N) is 2. The van der Waals surface area contributed by atoms with Crippen LogP contribution in [0.25, 0.3) is 0 Å². The van der Waals surface area contributed by atoms with E-state index in [4.69, 9.17) is 16.3 Å². The predicted octanol–water partition coefficient (Wildman–Crippen LogP) is 3.10. The first-order valence-electron chi connectivity index (χ1n) is 7.22. The van der Waals surface area contributed by atoms with E-state index >= 15 is 0 Å². The van der Waals surface area contributed by atoms with Gasteiger partial charge in [-0.05, 0) is 39.3 Å². The summed E-state index contributed by atoms with van der Waals surface area (Å²) in [5.41, 5.74) is -0.195. The number of carbonyl (C=O) groups excluding carboxylic acids is 1. The average molecular weight is 314 g/mol. The number of nitrogens with zero attached hydrogens (tertiary/aromatic N) is 1. The van der Waals surface area contributed by atoms with Gasteiger partial charge in [-0.1, -0.05) is 18.5 Å². The number of aromatic nitrogens is 1. The topological polar surface area (TPSA) is 63.2 Å². The maximum atomic E-state index is 12.2. The SMILES string of the molecule is CCCNc1ccc(Cl)c(C(=O)NCC(C)(C)OCC)n1. The van der Waals surface area contributed by atoms with Crippen molar-refractivity contribution in [1.82, 2.24) is 10.3 Å². The molecule has 1 aromatic rings. The maximum absolute atomic E-state index is 12.2. The second-order valence-corrected chi connectivity index (χ2v) is 5.74. The molecule has 5 nitrogen and oxygen atoms in total. The molecule has 1 heterocycles. The van der Waals surface area contributed by atoms with Gasteiger partial charge in [0.05, 0.1) is 10.6 Å². The van der Waals surface area contributed by atoms with Gasteiger partial charge in [0.1, 0.15) is 11.5 Å². The molecule has 0 bridgehead atoms. The average Bonchev–Trinajstić information content (AvgIpc) is 2.44. The van der Waals surface area contributed by atoms with Crippen LogP contribution in [0, 0.1) is 0 Å². The van der Waals surface area contributed by atoms with Gasteiger partial charge in [0.25, 0.3) is 5.91 Å². The van der Waals surface area contributed by atoms with Gasteiger partial charge < -0.3 is 15.4 Å². The zero-order valence-electron chi connectivity index (χ0n) is 13.1. The highest BCUT2D eigenvalue weighted by Gasteiger charge is 2.20. The van der Waals surface area contributed by atoms with Crippen LogP contribution < -0.4 is 10.6 Å². The molecule has 0 radical (unpaired) electrons. The van der Waals surface area contributed by atoms with Crippen molar-refractivity contribution in [2.24, 2.45) is 0 Å². The number of amides is 1. The Labute approximate surface area is 131 Å². The molecule has 0 atom stereocenters. The second-order valence-electron chi connectivity index (χ2n) is 5.33. The molecule has 0 unspecified atom stereocenters. The molecule has 2 N–H and O–H groups in total. The number of rotatable bonds is 8. The lowest BCUT2D eigenvalue weighted by Gasteiger charge is -2.24. The monoisotopic (exact) mass is 313 g/mol. The summed E-state index contributed by atoms with van der Waals surface area (Å²) in [6.45, 7) is 9.61. The predicted molar refractivity (Wildman–Crippen MR) is 86.1 cm³/mol. The number of hydrogen-bond donors (Lipinski definition) is 2. The van der Waals surface area contributed by atoms with E-state index in [1.807, 2.05) is 20.8 Å². The lowest BCUT2D eigenvalue weighted by molar-refractivity contribution is -0.00818. The number of halogens is 1. The summed E-state index contributed by atoms with van der Waals surface area (Å²) < 4.78 is 5.54. The van der Waals surface area contributed by atoms with E-state index in [1.165, 1.54) is 0 Å². The normalized spacial score (nSPS) is 11.3. The van der Waals surface area contributed by atoms with Crippen LogP contribution in [-0.2, 0) is 4.74 Å². The fraction of sp³-hybridized carbons (Fsp3) is 0.600. The Hall–Kier alpha value is -1.33. The number of pyridine rings is 1. The zero-order valence-corrected chi connectivity index (χ0v) is 13.9. The number of anilines is 1. The summed E-state index contributed by atoms with van der Waals surface area (Å²) in [5, 5.41) is 6.28. The molecule has 6 heteroatoms. The molecule has 0 spiro atoms. The smallest absolute Gasteiger partial charge is 0.271 e. The van der Waals surface area contributed by atoms with E-state index in [9.17, 15) is 4.79 Å². The van der Waals surface area contributed by atoms with Crippen molar-refractivity contribution >= 4 is 23.3 Å². The van der Waals surface area contributed by atoms with Crippen molar-refractivity contribution in [2.45, 2.75) is 39.7 Å². The van der Waals surface area contributed by atoms with Gasteiger partial charge in [-0.2, -0.15) is 0 Å². The third-order valence-corrected chi connectivity index (χ3v) is 3.13. The minimum atomic E-state index is -0.422. The molecular formula is C15H24ClN3O2. The lowest BCUT2D eigenvalue weighted by atomic mass is 10.1. The minimum Gasteiger partial charge on any atom is -0.374 e. The highest BCUT2D eigenvalue weighted by atomic mass is 35.5. The Kier molecular flexibility index (Phi) is 6.92. The highest BCUT2D eigenvalue weighted by Crippen LogP contribution is 2.17. The summed E-state index contributed by atoms with van der Waals surface area (Å²) in [5.74, 6) is 0.350. The Bertz CT molecular complexity index is 478. The van der Waals surface area contributed by atoms with E-state index in [1.54, 1.807) is 12.1 Å². The van der Waals surface area contributed by atoms with Crippen molar-refractivity contribution in [3.8, 4) is 0 Å².